The first kappa shape index (κ1) is 20.8. The molecule has 1 atom stereocenters. The fourth-order valence-corrected chi connectivity index (χ4v) is 3.69. The Labute approximate surface area is 161 Å². The van der Waals surface area contributed by atoms with Crippen LogP contribution >= 0.6 is 0 Å². The van der Waals surface area contributed by atoms with Crippen molar-refractivity contribution in [2.75, 3.05) is 26.3 Å². The minimum absolute atomic E-state index is 0.0213. The highest BCUT2D eigenvalue weighted by Gasteiger charge is 2.36. The molecule has 3 rings (SSSR count). The first-order chi connectivity index (χ1) is 13.3. The maximum atomic E-state index is 13.7. The molecule has 0 saturated carbocycles. The third-order valence-corrected chi connectivity index (χ3v) is 5.29. The first-order valence-electron chi connectivity index (χ1n) is 9.20. The van der Waals surface area contributed by atoms with Crippen LogP contribution in [0.4, 0.5) is 17.6 Å². The molecule has 0 spiro atoms. The smallest absolute Gasteiger partial charge is 0.393 e. The Bertz CT molecular complexity index is 774. The Hall–Kier alpha value is -1.96. The molecule has 0 aromatic heterocycles. The average molecular weight is 397 g/mol. The quantitative estimate of drug-likeness (QED) is 0.718. The number of aliphatic hydroxyl groups excluding tert-OH is 1. The van der Waals surface area contributed by atoms with Gasteiger partial charge in [-0.05, 0) is 55.3 Å². The lowest BCUT2D eigenvalue weighted by atomic mass is 9.74. The summed E-state index contributed by atoms with van der Waals surface area (Å²) in [7, 11) is 0. The van der Waals surface area contributed by atoms with Crippen LogP contribution in [0.25, 0.3) is 0 Å². The van der Waals surface area contributed by atoms with Crippen LogP contribution in [0, 0.1) is 5.82 Å². The molecule has 2 aromatic carbocycles. The van der Waals surface area contributed by atoms with Crippen molar-refractivity contribution in [2.45, 2.75) is 30.5 Å². The molecule has 1 aliphatic rings. The lowest BCUT2D eigenvalue weighted by molar-refractivity contribution is -0.138. The summed E-state index contributed by atoms with van der Waals surface area (Å²) in [6.07, 6.45) is -4.11. The number of nitrogens with one attached hydrogen (secondary N) is 1. The lowest BCUT2D eigenvalue weighted by Crippen LogP contribution is -2.43. The topological polar surface area (TPSA) is 41.5 Å². The Balaban J connectivity index is 1.83. The molecule has 7 heteroatoms. The number of hydrogen-bond donors (Lipinski definition) is 2. The van der Waals surface area contributed by atoms with E-state index in [1.807, 2.05) is 30.3 Å². The number of alkyl halides is 3. The van der Waals surface area contributed by atoms with Crippen LogP contribution in [-0.4, -0.2) is 31.4 Å². The van der Waals surface area contributed by atoms with E-state index in [2.05, 4.69) is 5.32 Å². The highest BCUT2D eigenvalue weighted by atomic mass is 19.4. The second-order valence-corrected chi connectivity index (χ2v) is 7.15. The summed E-state index contributed by atoms with van der Waals surface area (Å²) >= 11 is 0. The van der Waals surface area contributed by atoms with Gasteiger partial charge in [0.1, 0.15) is 11.9 Å². The third kappa shape index (κ3) is 4.71. The van der Waals surface area contributed by atoms with Crippen molar-refractivity contribution in [3.63, 3.8) is 0 Å². The van der Waals surface area contributed by atoms with Gasteiger partial charge in [-0.3, -0.25) is 0 Å². The number of halogens is 4. The summed E-state index contributed by atoms with van der Waals surface area (Å²) in [5.74, 6) is -1.01. The first-order valence-corrected chi connectivity index (χ1v) is 9.20. The van der Waals surface area contributed by atoms with Crippen molar-refractivity contribution in [2.24, 2.45) is 0 Å². The molecule has 152 valence electrons. The molecule has 2 N–H and O–H groups in total. The van der Waals surface area contributed by atoms with E-state index in [-0.39, 0.29) is 17.6 Å². The number of hydrogen-bond acceptors (Lipinski definition) is 3. The Morgan fingerprint density at radius 2 is 1.75 bits per heavy atom. The van der Waals surface area contributed by atoms with Gasteiger partial charge in [-0.25, -0.2) is 4.39 Å². The van der Waals surface area contributed by atoms with E-state index in [9.17, 15) is 22.7 Å². The minimum atomic E-state index is -4.67. The van der Waals surface area contributed by atoms with Crippen molar-refractivity contribution >= 4 is 0 Å². The molecular formula is C21H23F4NO2. The predicted molar refractivity (Wildman–Crippen MR) is 97.4 cm³/mol. The standard InChI is InChI=1S/C21H23F4NO2/c22-18-11-15(10-17(12-18)21(23,24)25)19(13-27)28-14-20(6-8-26-9-7-20)16-4-2-1-3-5-16/h1-5,10-12,19,26-27H,6-9,13-14H2. The summed E-state index contributed by atoms with van der Waals surface area (Å²) < 4.78 is 58.6. The van der Waals surface area contributed by atoms with Crippen molar-refractivity contribution < 1.29 is 27.4 Å². The molecule has 1 unspecified atom stereocenters. The second kappa shape index (κ2) is 8.59. The van der Waals surface area contributed by atoms with Gasteiger partial charge in [0.2, 0.25) is 0 Å². The number of aliphatic hydroxyl groups is 1. The van der Waals surface area contributed by atoms with Gasteiger partial charge >= 0.3 is 6.18 Å². The van der Waals surface area contributed by atoms with Gasteiger partial charge in [0, 0.05) is 5.41 Å². The monoisotopic (exact) mass is 397 g/mol. The van der Waals surface area contributed by atoms with E-state index in [0.29, 0.717) is 6.07 Å². The molecular weight excluding hydrogens is 374 g/mol. The van der Waals surface area contributed by atoms with Gasteiger partial charge in [0.25, 0.3) is 0 Å². The van der Waals surface area contributed by atoms with Gasteiger partial charge < -0.3 is 15.2 Å². The van der Waals surface area contributed by atoms with Crippen LogP contribution in [-0.2, 0) is 16.3 Å². The molecule has 0 radical (unpaired) electrons. The molecule has 3 nitrogen and oxygen atoms in total. The van der Waals surface area contributed by atoms with Crippen LogP contribution in [0.1, 0.15) is 35.6 Å². The fourth-order valence-electron chi connectivity index (χ4n) is 3.69. The zero-order valence-electron chi connectivity index (χ0n) is 15.3. The average Bonchev–Trinajstić information content (AvgIpc) is 2.69. The summed E-state index contributed by atoms with van der Waals surface area (Å²) in [5.41, 5.74) is -0.334. The van der Waals surface area contributed by atoms with Crippen molar-refractivity contribution in [3.8, 4) is 0 Å². The summed E-state index contributed by atoms with van der Waals surface area (Å²) in [4.78, 5) is 0. The maximum absolute atomic E-state index is 13.7. The van der Waals surface area contributed by atoms with Gasteiger partial charge in [-0.2, -0.15) is 13.2 Å². The zero-order valence-corrected chi connectivity index (χ0v) is 15.3. The number of ether oxygens (including phenoxy) is 1. The molecule has 1 saturated heterocycles. The highest BCUT2D eigenvalue weighted by molar-refractivity contribution is 5.29. The van der Waals surface area contributed by atoms with Crippen molar-refractivity contribution in [1.82, 2.24) is 5.32 Å². The third-order valence-electron chi connectivity index (χ3n) is 5.29. The normalized spacial score (nSPS) is 18.0. The maximum Gasteiger partial charge on any atom is 0.416 e. The van der Waals surface area contributed by atoms with Crippen molar-refractivity contribution in [1.29, 1.82) is 0 Å². The van der Waals surface area contributed by atoms with Crippen LogP contribution in [0.2, 0.25) is 0 Å². The molecule has 1 fully saturated rings. The molecule has 0 aliphatic carbocycles. The Kier molecular flexibility index (Phi) is 6.37. The summed E-state index contributed by atoms with van der Waals surface area (Å²) in [5, 5.41) is 13.0. The SMILES string of the molecule is OCC(OCC1(c2ccccc2)CCNCC1)c1cc(F)cc(C(F)(F)F)c1. The molecule has 1 aliphatic heterocycles. The van der Waals surface area contributed by atoms with E-state index in [0.717, 1.165) is 43.6 Å². The number of benzene rings is 2. The van der Waals surface area contributed by atoms with Gasteiger partial charge in [0.15, 0.2) is 0 Å². The van der Waals surface area contributed by atoms with Crippen LogP contribution < -0.4 is 5.32 Å². The van der Waals surface area contributed by atoms with Gasteiger partial charge in [-0.15, -0.1) is 0 Å². The van der Waals surface area contributed by atoms with E-state index < -0.39 is 30.3 Å². The number of piperidine rings is 1. The van der Waals surface area contributed by atoms with E-state index in [4.69, 9.17) is 4.74 Å². The Morgan fingerprint density at radius 1 is 1.07 bits per heavy atom. The molecule has 0 bridgehead atoms. The van der Waals surface area contributed by atoms with Crippen LogP contribution in [0.3, 0.4) is 0 Å². The second-order valence-electron chi connectivity index (χ2n) is 7.15. The van der Waals surface area contributed by atoms with Gasteiger partial charge in [0.05, 0.1) is 18.8 Å². The largest absolute Gasteiger partial charge is 0.416 e. The van der Waals surface area contributed by atoms with E-state index in [1.165, 1.54) is 0 Å². The molecule has 1 heterocycles. The zero-order chi connectivity index (χ0) is 20.2. The summed E-state index contributed by atoms with van der Waals surface area (Å²) in [6.45, 7) is 1.27. The van der Waals surface area contributed by atoms with E-state index >= 15 is 0 Å². The van der Waals surface area contributed by atoms with Crippen LogP contribution in [0.5, 0.6) is 0 Å². The predicted octanol–water partition coefficient (Wildman–Crippen LogP) is 4.22. The molecule has 28 heavy (non-hydrogen) atoms. The van der Waals surface area contributed by atoms with Crippen LogP contribution in [0.15, 0.2) is 48.5 Å². The van der Waals surface area contributed by atoms with E-state index in [1.54, 1.807) is 0 Å². The minimum Gasteiger partial charge on any atom is -0.393 e. The summed E-state index contributed by atoms with van der Waals surface area (Å²) in [6, 6.07) is 12.1. The Morgan fingerprint density at radius 3 is 2.36 bits per heavy atom. The molecule has 0 amide bonds. The number of rotatable bonds is 6. The highest BCUT2D eigenvalue weighted by Crippen LogP contribution is 2.36. The fraction of sp³-hybridized carbons (Fsp3) is 0.429. The lowest BCUT2D eigenvalue weighted by Gasteiger charge is -2.39. The van der Waals surface area contributed by atoms with Crippen molar-refractivity contribution in [3.05, 3.63) is 71.0 Å². The molecule has 2 aromatic rings. The van der Waals surface area contributed by atoms with Gasteiger partial charge in [-0.1, -0.05) is 30.3 Å².